The lowest BCUT2D eigenvalue weighted by atomic mass is 10.2. The van der Waals surface area contributed by atoms with Gasteiger partial charge in [0.2, 0.25) is 5.91 Å². The van der Waals surface area contributed by atoms with Crippen LogP contribution in [0.2, 0.25) is 5.02 Å². The molecule has 0 unspecified atom stereocenters. The standard InChI is InChI=1S/C16H21ClN4OS/c1-4-5-9-14-19-20-16(21(14)3)23-10-15(22)18-13-8-6-7-12(17)11(13)2/h6-8H,4-5,9-10H2,1-3H3,(H,18,22). The third-order valence-corrected chi connectivity index (χ3v) is 4.98. The fourth-order valence-corrected chi connectivity index (χ4v) is 2.99. The molecule has 1 amide bonds. The zero-order valence-electron chi connectivity index (χ0n) is 13.6. The number of rotatable bonds is 7. The minimum Gasteiger partial charge on any atom is -0.325 e. The quantitative estimate of drug-likeness (QED) is 0.769. The first-order valence-corrected chi connectivity index (χ1v) is 8.95. The number of halogens is 1. The molecule has 0 bridgehead atoms. The van der Waals surface area contributed by atoms with Crippen LogP contribution < -0.4 is 5.32 Å². The van der Waals surface area contributed by atoms with Crippen LogP contribution in [-0.4, -0.2) is 26.4 Å². The second kappa shape index (κ2) is 8.36. The molecule has 1 N–H and O–H groups in total. The van der Waals surface area contributed by atoms with Crippen LogP contribution in [0.3, 0.4) is 0 Å². The highest BCUT2D eigenvalue weighted by Gasteiger charge is 2.12. The maximum absolute atomic E-state index is 12.1. The number of aromatic nitrogens is 3. The second-order valence-electron chi connectivity index (χ2n) is 5.31. The molecule has 1 heterocycles. The Morgan fingerprint density at radius 3 is 2.91 bits per heavy atom. The molecule has 0 aliphatic carbocycles. The Balaban J connectivity index is 1.92. The zero-order chi connectivity index (χ0) is 16.8. The molecule has 124 valence electrons. The molecule has 2 rings (SSSR count). The summed E-state index contributed by atoms with van der Waals surface area (Å²) in [4.78, 5) is 12.1. The molecule has 0 saturated carbocycles. The number of nitrogens with zero attached hydrogens (tertiary/aromatic N) is 3. The number of carbonyl (C=O) groups excluding carboxylic acids is 1. The monoisotopic (exact) mass is 352 g/mol. The van der Waals surface area contributed by atoms with E-state index in [-0.39, 0.29) is 11.7 Å². The van der Waals surface area contributed by atoms with Crippen molar-refractivity contribution in [1.82, 2.24) is 14.8 Å². The molecule has 23 heavy (non-hydrogen) atoms. The van der Waals surface area contributed by atoms with Crippen molar-refractivity contribution < 1.29 is 4.79 Å². The topological polar surface area (TPSA) is 59.8 Å². The minimum atomic E-state index is -0.0847. The van der Waals surface area contributed by atoms with E-state index in [2.05, 4.69) is 22.4 Å². The van der Waals surface area contributed by atoms with E-state index in [0.717, 1.165) is 41.5 Å². The van der Waals surface area contributed by atoms with Gasteiger partial charge in [-0.15, -0.1) is 10.2 Å². The number of benzene rings is 1. The molecular formula is C16H21ClN4OS. The number of unbranched alkanes of at least 4 members (excludes halogenated alkanes) is 1. The Labute approximate surface area is 145 Å². The molecule has 7 heteroatoms. The SMILES string of the molecule is CCCCc1nnc(SCC(=O)Nc2cccc(Cl)c2C)n1C. The van der Waals surface area contributed by atoms with E-state index < -0.39 is 0 Å². The van der Waals surface area contributed by atoms with Crippen molar-refractivity contribution in [2.24, 2.45) is 7.05 Å². The zero-order valence-corrected chi connectivity index (χ0v) is 15.2. The van der Waals surface area contributed by atoms with Gasteiger partial charge in [0.1, 0.15) is 5.82 Å². The van der Waals surface area contributed by atoms with Gasteiger partial charge in [-0.05, 0) is 31.0 Å². The van der Waals surface area contributed by atoms with Gasteiger partial charge in [0.15, 0.2) is 5.16 Å². The van der Waals surface area contributed by atoms with Gasteiger partial charge < -0.3 is 9.88 Å². The van der Waals surface area contributed by atoms with Gasteiger partial charge in [-0.1, -0.05) is 42.8 Å². The van der Waals surface area contributed by atoms with Crippen LogP contribution in [0, 0.1) is 6.92 Å². The van der Waals surface area contributed by atoms with E-state index in [0.29, 0.717) is 5.02 Å². The van der Waals surface area contributed by atoms with Crippen molar-refractivity contribution in [3.63, 3.8) is 0 Å². The number of aryl methyl sites for hydroxylation is 1. The predicted octanol–water partition coefficient (Wildman–Crippen LogP) is 3.85. The highest BCUT2D eigenvalue weighted by Crippen LogP contribution is 2.23. The van der Waals surface area contributed by atoms with E-state index in [1.807, 2.05) is 30.7 Å². The number of hydrogen-bond donors (Lipinski definition) is 1. The summed E-state index contributed by atoms with van der Waals surface area (Å²) in [5.74, 6) is 1.16. The maximum Gasteiger partial charge on any atom is 0.234 e. The summed E-state index contributed by atoms with van der Waals surface area (Å²) in [7, 11) is 1.94. The van der Waals surface area contributed by atoms with Crippen molar-refractivity contribution in [1.29, 1.82) is 0 Å². The number of anilines is 1. The molecule has 0 saturated heterocycles. The molecule has 1 aromatic carbocycles. The predicted molar refractivity (Wildman–Crippen MR) is 95.2 cm³/mol. The minimum absolute atomic E-state index is 0.0847. The van der Waals surface area contributed by atoms with Crippen molar-refractivity contribution in [3.05, 3.63) is 34.6 Å². The Bertz CT molecular complexity index is 687. The van der Waals surface area contributed by atoms with E-state index in [9.17, 15) is 4.79 Å². The van der Waals surface area contributed by atoms with Gasteiger partial charge in [0.25, 0.3) is 0 Å². The summed E-state index contributed by atoms with van der Waals surface area (Å²) >= 11 is 7.44. The number of thioether (sulfide) groups is 1. The van der Waals surface area contributed by atoms with E-state index in [1.165, 1.54) is 11.8 Å². The summed E-state index contributed by atoms with van der Waals surface area (Å²) in [6.45, 7) is 4.03. The number of nitrogens with one attached hydrogen (secondary N) is 1. The Hall–Kier alpha value is -1.53. The number of carbonyl (C=O) groups is 1. The molecule has 0 radical (unpaired) electrons. The van der Waals surface area contributed by atoms with E-state index in [1.54, 1.807) is 6.07 Å². The van der Waals surface area contributed by atoms with Crippen molar-refractivity contribution in [2.75, 3.05) is 11.1 Å². The third kappa shape index (κ3) is 4.72. The van der Waals surface area contributed by atoms with Crippen LogP contribution >= 0.6 is 23.4 Å². The summed E-state index contributed by atoms with van der Waals surface area (Å²) in [6.07, 6.45) is 3.12. The molecule has 0 spiro atoms. The van der Waals surface area contributed by atoms with Gasteiger partial charge in [-0.3, -0.25) is 4.79 Å². The smallest absolute Gasteiger partial charge is 0.234 e. The van der Waals surface area contributed by atoms with Crippen molar-refractivity contribution in [2.45, 2.75) is 38.3 Å². The summed E-state index contributed by atoms with van der Waals surface area (Å²) in [5, 5.41) is 12.6. The number of hydrogen-bond acceptors (Lipinski definition) is 4. The van der Waals surface area contributed by atoms with Crippen LogP contribution in [0.1, 0.15) is 31.2 Å². The Morgan fingerprint density at radius 1 is 1.39 bits per heavy atom. The summed E-state index contributed by atoms with van der Waals surface area (Å²) in [6, 6.07) is 5.47. The molecule has 0 fully saturated rings. The largest absolute Gasteiger partial charge is 0.325 e. The van der Waals surface area contributed by atoms with Crippen molar-refractivity contribution >= 4 is 35.0 Å². The molecular weight excluding hydrogens is 332 g/mol. The number of amides is 1. The molecule has 1 aromatic heterocycles. The van der Waals surface area contributed by atoms with Crippen molar-refractivity contribution in [3.8, 4) is 0 Å². The lowest BCUT2D eigenvalue weighted by Gasteiger charge is -2.09. The normalized spacial score (nSPS) is 10.8. The lowest BCUT2D eigenvalue weighted by molar-refractivity contribution is -0.113. The fourth-order valence-electron chi connectivity index (χ4n) is 2.08. The Morgan fingerprint density at radius 2 is 2.17 bits per heavy atom. The summed E-state index contributed by atoms with van der Waals surface area (Å²) in [5.41, 5.74) is 1.61. The molecule has 2 aromatic rings. The first kappa shape index (κ1) is 17.8. The van der Waals surface area contributed by atoms with Crippen LogP contribution in [-0.2, 0) is 18.3 Å². The van der Waals surface area contributed by atoms with Gasteiger partial charge >= 0.3 is 0 Å². The highest BCUT2D eigenvalue weighted by molar-refractivity contribution is 7.99. The van der Waals surface area contributed by atoms with Gasteiger partial charge in [-0.2, -0.15) is 0 Å². The maximum atomic E-state index is 12.1. The molecule has 0 atom stereocenters. The average molecular weight is 353 g/mol. The van der Waals surface area contributed by atoms with Crippen LogP contribution in [0.15, 0.2) is 23.4 Å². The van der Waals surface area contributed by atoms with Gasteiger partial charge in [0, 0.05) is 24.2 Å². The van der Waals surface area contributed by atoms with Crippen LogP contribution in [0.25, 0.3) is 0 Å². The average Bonchev–Trinajstić information content (AvgIpc) is 2.88. The first-order valence-electron chi connectivity index (χ1n) is 7.59. The van der Waals surface area contributed by atoms with Gasteiger partial charge in [0.05, 0.1) is 5.75 Å². The molecule has 0 aliphatic rings. The Kier molecular flexibility index (Phi) is 6.47. The molecule has 5 nitrogen and oxygen atoms in total. The lowest BCUT2D eigenvalue weighted by Crippen LogP contribution is -2.15. The van der Waals surface area contributed by atoms with Crippen LogP contribution in [0.5, 0.6) is 0 Å². The second-order valence-corrected chi connectivity index (χ2v) is 6.66. The first-order chi connectivity index (χ1) is 11.0. The van der Waals surface area contributed by atoms with E-state index >= 15 is 0 Å². The summed E-state index contributed by atoms with van der Waals surface area (Å²) < 4.78 is 1.96. The van der Waals surface area contributed by atoms with Crippen LogP contribution in [0.4, 0.5) is 5.69 Å². The van der Waals surface area contributed by atoms with Gasteiger partial charge in [-0.25, -0.2) is 0 Å². The molecule has 0 aliphatic heterocycles. The fraction of sp³-hybridized carbons (Fsp3) is 0.438. The highest BCUT2D eigenvalue weighted by atomic mass is 35.5. The third-order valence-electron chi connectivity index (χ3n) is 3.55. The van der Waals surface area contributed by atoms with E-state index in [4.69, 9.17) is 11.6 Å².